The number of aliphatic hydroxyl groups excluding tert-OH is 2. The van der Waals surface area contributed by atoms with Gasteiger partial charge in [0.1, 0.15) is 12.7 Å². The van der Waals surface area contributed by atoms with Crippen molar-refractivity contribution in [2.24, 2.45) is 0 Å². The van der Waals surface area contributed by atoms with Crippen LogP contribution in [0.3, 0.4) is 0 Å². The summed E-state index contributed by atoms with van der Waals surface area (Å²) >= 11 is 0. The third-order valence-electron chi connectivity index (χ3n) is 2.53. The molecule has 116 valence electrons. The van der Waals surface area contributed by atoms with Crippen molar-refractivity contribution in [1.82, 2.24) is 0 Å². The lowest BCUT2D eigenvalue weighted by atomic mass is 10.2. The van der Waals surface area contributed by atoms with Gasteiger partial charge in [-0.05, 0) is 30.7 Å². The molecule has 0 radical (unpaired) electrons. The second kappa shape index (κ2) is 8.99. The molecule has 0 saturated carbocycles. The van der Waals surface area contributed by atoms with E-state index >= 15 is 0 Å². The van der Waals surface area contributed by atoms with Gasteiger partial charge in [-0.1, -0.05) is 6.07 Å². The van der Waals surface area contributed by atoms with Crippen LogP contribution in [0.2, 0.25) is 0 Å². The summed E-state index contributed by atoms with van der Waals surface area (Å²) in [7, 11) is 1.49. The number of aliphatic hydroxyl groups is 2. The zero-order chi connectivity index (χ0) is 15.7. The Labute approximate surface area is 123 Å². The second-order valence-corrected chi connectivity index (χ2v) is 4.14. The van der Waals surface area contributed by atoms with E-state index in [-0.39, 0.29) is 13.2 Å². The topological polar surface area (TPSA) is 85.2 Å². The van der Waals surface area contributed by atoms with E-state index in [2.05, 4.69) is 0 Å². The molecule has 0 fully saturated rings. The molecule has 6 heteroatoms. The van der Waals surface area contributed by atoms with Gasteiger partial charge in [-0.15, -0.1) is 0 Å². The highest BCUT2D eigenvalue weighted by Gasteiger charge is 2.08. The summed E-state index contributed by atoms with van der Waals surface area (Å²) in [4.78, 5) is 11.2. The highest BCUT2D eigenvalue weighted by Crippen LogP contribution is 2.28. The monoisotopic (exact) mass is 296 g/mol. The number of carbonyl (C=O) groups is 1. The van der Waals surface area contributed by atoms with E-state index in [1.807, 2.05) is 0 Å². The van der Waals surface area contributed by atoms with Crippen LogP contribution in [-0.4, -0.2) is 49.2 Å². The molecule has 0 aliphatic rings. The summed E-state index contributed by atoms with van der Waals surface area (Å²) in [6, 6.07) is 5.09. The van der Waals surface area contributed by atoms with Gasteiger partial charge in [0.15, 0.2) is 11.5 Å². The summed E-state index contributed by atoms with van der Waals surface area (Å²) in [6.07, 6.45) is 1.99. The number of rotatable bonds is 8. The van der Waals surface area contributed by atoms with Crippen LogP contribution in [0.15, 0.2) is 24.3 Å². The third kappa shape index (κ3) is 5.85. The molecule has 1 rings (SSSR count). The Hall–Kier alpha value is -2.05. The molecule has 1 aromatic rings. The maximum atomic E-state index is 11.2. The minimum atomic E-state index is -0.946. The van der Waals surface area contributed by atoms with Gasteiger partial charge in [0.05, 0.1) is 20.3 Å². The van der Waals surface area contributed by atoms with E-state index in [1.54, 1.807) is 31.2 Å². The molecule has 0 heterocycles. The summed E-state index contributed by atoms with van der Waals surface area (Å²) in [5.74, 6) is 0.493. The molecule has 2 N–H and O–H groups in total. The molecule has 0 saturated heterocycles. The van der Waals surface area contributed by atoms with E-state index in [0.29, 0.717) is 18.1 Å². The average molecular weight is 296 g/mol. The lowest BCUT2D eigenvalue weighted by Gasteiger charge is -2.13. The SMILES string of the molecule is CCOC(=O)C=Cc1ccc(OCC(O)CO)c(OC)c1. The lowest BCUT2D eigenvalue weighted by Crippen LogP contribution is -2.21. The predicted octanol–water partition coefficient (Wildman–Crippen LogP) is 1.00. The Morgan fingerprint density at radius 2 is 2.14 bits per heavy atom. The molecule has 0 spiro atoms. The van der Waals surface area contributed by atoms with Gasteiger partial charge in [0.2, 0.25) is 0 Å². The number of esters is 1. The largest absolute Gasteiger partial charge is 0.493 e. The van der Waals surface area contributed by atoms with Gasteiger partial charge < -0.3 is 24.4 Å². The van der Waals surface area contributed by atoms with Crippen LogP contribution >= 0.6 is 0 Å². The van der Waals surface area contributed by atoms with Crippen LogP contribution in [0.1, 0.15) is 12.5 Å². The van der Waals surface area contributed by atoms with E-state index in [4.69, 9.17) is 19.3 Å². The van der Waals surface area contributed by atoms with Crippen LogP contribution in [0.4, 0.5) is 0 Å². The summed E-state index contributed by atoms with van der Waals surface area (Å²) in [6.45, 7) is 1.65. The quantitative estimate of drug-likeness (QED) is 0.550. The molecule has 0 amide bonds. The number of hydrogen-bond donors (Lipinski definition) is 2. The molecule has 1 aromatic carbocycles. The molecular formula is C15H20O6. The van der Waals surface area contributed by atoms with Crippen LogP contribution in [0, 0.1) is 0 Å². The van der Waals surface area contributed by atoms with Gasteiger partial charge >= 0.3 is 5.97 Å². The third-order valence-corrected chi connectivity index (χ3v) is 2.53. The zero-order valence-corrected chi connectivity index (χ0v) is 12.1. The number of ether oxygens (including phenoxy) is 3. The van der Waals surface area contributed by atoms with E-state index in [9.17, 15) is 9.90 Å². The van der Waals surface area contributed by atoms with Crippen molar-refractivity contribution in [2.75, 3.05) is 26.9 Å². The summed E-state index contributed by atoms with van der Waals surface area (Å²) in [5.41, 5.74) is 0.745. The van der Waals surface area contributed by atoms with Crippen LogP contribution < -0.4 is 9.47 Å². The molecule has 0 bridgehead atoms. The van der Waals surface area contributed by atoms with Gasteiger partial charge in [-0.2, -0.15) is 0 Å². The highest BCUT2D eigenvalue weighted by molar-refractivity contribution is 5.87. The first-order chi connectivity index (χ1) is 10.1. The van der Waals surface area contributed by atoms with Crippen molar-refractivity contribution < 1.29 is 29.2 Å². The Morgan fingerprint density at radius 3 is 2.76 bits per heavy atom. The van der Waals surface area contributed by atoms with E-state index in [0.717, 1.165) is 5.56 Å². The standard InChI is InChI=1S/C15H20O6/c1-3-20-15(18)7-5-11-4-6-13(14(8-11)19-2)21-10-12(17)9-16/h4-8,12,16-17H,3,9-10H2,1-2H3. The van der Waals surface area contributed by atoms with Crippen LogP contribution in [0.5, 0.6) is 11.5 Å². The van der Waals surface area contributed by atoms with Gasteiger partial charge in [-0.3, -0.25) is 0 Å². The first-order valence-electron chi connectivity index (χ1n) is 6.55. The zero-order valence-electron chi connectivity index (χ0n) is 12.1. The maximum Gasteiger partial charge on any atom is 0.330 e. The van der Waals surface area contributed by atoms with E-state index in [1.165, 1.54) is 13.2 Å². The molecule has 1 atom stereocenters. The second-order valence-electron chi connectivity index (χ2n) is 4.14. The Kier molecular flexibility index (Phi) is 7.28. The maximum absolute atomic E-state index is 11.2. The molecule has 21 heavy (non-hydrogen) atoms. The minimum absolute atomic E-state index is 0.0368. The van der Waals surface area contributed by atoms with Gasteiger partial charge in [0.25, 0.3) is 0 Å². The molecular weight excluding hydrogens is 276 g/mol. The first kappa shape index (κ1) is 17.0. The fourth-order valence-electron chi connectivity index (χ4n) is 1.50. The van der Waals surface area contributed by atoms with Crippen molar-refractivity contribution in [1.29, 1.82) is 0 Å². The van der Waals surface area contributed by atoms with Gasteiger partial charge in [-0.25, -0.2) is 4.79 Å². The number of hydrogen-bond acceptors (Lipinski definition) is 6. The smallest absolute Gasteiger partial charge is 0.330 e. The molecule has 0 aliphatic heterocycles. The molecule has 6 nitrogen and oxygen atoms in total. The fraction of sp³-hybridized carbons (Fsp3) is 0.400. The molecule has 1 unspecified atom stereocenters. The first-order valence-corrected chi connectivity index (χ1v) is 6.55. The summed E-state index contributed by atoms with van der Waals surface area (Å²) < 4.78 is 15.3. The van der Waals surface area contributed by atoms with Crippen molar-refractivity contribution in [3.8, 4) is 11.5 Å². The van der Waals surface area contributed by atoms with E-state index < -0.39 is 12.1 Å². The lowest BCUT2D eigenvalue weighted by molar-refractivity contribution is -0.137. The predicted molar refractivity (Wildman–Crippen MR) is 77.2 cm³/mol. The normalized spacial score (nSPS) is 12.2. The number of benzene rings is 1. The van der Waals surface area contributed by atoms with Crippen molar-refractivity contribution >= 4 is 12.0 Å². The Balaban J connectivity index is 2.76. The van der Waals surface area contributed by atoms with Crippen molar-refractivity contribution in [2.45, 2.75) is 13.0 Å². The van der Waals surface area contributed by atoms with Crippen molar-refractivity contribution in [3.05, 3.63) is 29.8 Å². The molecule has 0 aromatic heterocycles. The van der Waals surface area contributed by atoms with Crippen molar-refractivity contribution in [3.63, 3.8) is 0 Å². The Bertz CT molecular complexity index is 483. The fourth-order valence-corrected chi connectivity index (χ4v) is 1.50. The summed E-state index contributed by atoms with van der Waals surface area (Å²) in [5, 5.41) is 18.0. The average Bonchev–Trinajstić information content (AvgIpc) is 2.51. The van der Waals surface area contributed by atoms with Crippen LogP contribution in [-0.2, 0) is 9.53 Å². The highest BCUT2D eigenvalue weighted by atomic mass is 16.5. The van der Waals surface area contributed by atoms with Gasteiger partial charge in [0, 0.05) is 6.08 Å². The number of methoxy groups -OCH3 is 1. The molecule has 0 aliphatic carbocycles. The van der Waals surface area contributed by atoms with Crippen LogP contribution in [0.25, 0.3) is 6.08 Å². The number of carbonyl (C=O) groups excluding carboxylic acids is 1. The minimum Gasteiger partial charge on any atom is -0.493 e. The Morgan fingerprint density at radius 1 is 1.38 bits per heavy atom.